The quantitative estimate of drug-likeness (QED) is 0.508. The summed E-state index contributed by atoms with van der Waals surface area (Å²) in [6.07, 6.45) is 5.54. The first-order valence-electron chi connectivity index (χ1n) is 3.66. The lowest BCUT2D eigenvalue weighted by Gasteiger charge is -1.90. The van der Waals surface area contributed by atoms with Crippen LogP contribution < -0.4 is 0 Å². The molecule has 0 heterocycles. The normalized spacial score (nSPS) is 10.7. The highest BCUT2D eigenvalue weighted by Gasteiger charge is 1.89. The van der Waals surface area contributed by atoms with Gasteiger partial charge in [-0.1, -0.05) is 23.9 Å². The van der Waals surface area contributed by atoms with Crippen LogP contribution in [0.4, 0.5) is 0 Å². The summed E-state index contributed by atoms with van der Waals surface area (Å²) < 4.78 is 0. The summed E-state index contributed by atoms with van der Waals surface area (Å²) in [6.45, 7) is 1.78. The molecule has 0 aromatic carbocycles. The summed E-state index contributed by atoms with van der Waals surface area (Å²) in [7, 11) is 0. The molecule has 0 saturated heterocycles. The fourth-order valence-corrected chi connectivity index (χ4v) is 1.12. The molecule has 0 saturated carbocycles. The molecule has 0 spiro atoms. The molecule has 0 aromatic rings. The fourth-order valence-electron chi connectivity index (χ4n) is 0.581. The van der Waals surface area contributed by atoms with Crippen molar-refractivity contribution in [3.8, 4) is 0 Å². The molecule has 0 amide bonds. The Balaban J connectivity index is 3.07. The van der Waals surface area contributed by atoms with Crippen LogP contribution in [0.3, 0.4) is 0 Å². The van der Waals surface area contributed by atoms with Gasteiger partial charge in [0.05, 0.1) is 0 Å². The predicted molar refractivity (Wildman–Crippen MR) is 48.6 cm³/mol. The topological polar surface area (TPSA) is 37.3 Å². The number of rotatable bonds is 5. The molecule has 11 heavy (non-hydrogen) atoms. The highest BCUT2D eigenvalue weighted by molar-refractivity contribution is 8.13. The third kappa shape index (κ3) is 9.72. The van der Waals surface area contributed by atoms with Gasteiger partial charge in [-0.25, -0.2) is 0 Å². The number of thioether (sulfide) groups is 1. The van der Waals surface area contributed by atoms with E-state index >= 15 is 0 Å². The van der Waals surface area contributed by atoms with Gasteiger partial charge in [0.1, 0.15) is 0 Å². The zero-order chi connectivity index (χ0) is 8.53. The first kappa shape index (κ1) is 10.7. The molecule has 1 N–H and O–H groups in total. The number of aliphatic hydroxyl groups excluding tert-OH is 1. The SMILES string of the molecule is CC(=O)SCC/C=C/CCO. The van der Waals surface area contributed by atoms with Crippen LogP contribution in [0, 0.1) is 0 Å². The molecule has 0 atom stereocenters. The van der Waals surface area contributed by atoms with E-state index in [0.717, 1.165) is 12.2 Å². The maximum atomic E-state index is 10.4. The van der Waals surface area contributed by atoms with Crippen molar-refractivity contribution < 1.29 is 9.90 Å². The van der Waals surface area contributed by atoms with E-state index < -0.39 is 0 Å². The molecule has 0 aliphatic carbocycles. The molecule has 0 radical (unpaired) electrons. The highest BCUT2D eigenvalue weighted by Crippen LogP contribution is 2.03. The number of hydrogen-bond acceptors (Lipinski definition) is 3. The van der Waals surface area contributed by atoms with Gasteiger partial charge in [-0.3, -0.25) is 4.79 Å². The standard InChI is InChI=1S/C8H14O2S/c1-8(10)11-7-5-3-2-4-6-9/h2-3,9H,4-7H2,1H3/b3-2+. The number of carbonyl (C=O) groups is 1. The van der Waals surface area contributed by atoms with Crippen LogP contribution in [0.5, 0.6) is 0 Å². The van der Waals surface area contributed by atoms with Crippen molar-refractivity contribution in [3.63, 3.8) is 0 Å². The molecule has 0 unspecified atom stereocenters. The molecule has 0 aliphatic rings. The summed E-state index contributed by atoms with van der Waals surface area (Å²) in [5.41, 5.74) is 0. The van der Waals surface area contributed by atoms with Crippen molar-refractivity contribution in [1.82, 2.24) is 0 Å². The van der Waals surface area contributed by atoms with Crippen LogP contribution in [-0.2, 0) is 4.79 Å². The van der Waals surface area contributed by atoms with E-state index in [2.05, 4.69) is 0 Å². The lowest BCUT2D eigenvalue weighted by atomic mass is 10.3. The van der Waals surface area contributed by atoms with Gasteiger partial charge < -0.3 is 5.11 Å². The molecule has 0 fully saturated rings. The van der Waals surface area contributed by atoms with Gasteiger partial charge in [-0.05, 0) is 12.8 Å². The molecule has 0 aliphatic heterocycles. The van der Waals surface area contributed by atoms with Crippen LogP contribution in [0.25, 0.3) is 0 Å². The van der Waals surface area contributed by atoms with E-state index in [9.17, 15) is 4.79 Å². The minimum absolute atomic E-state index is 0.167. The van der Waals surface area contributed by atoms with Crippen molar-refractivity contribution >= 4 is 16.9 Å². The lowest BCUT2D eigenvalue weighted by Crippen LogP contribution is -1.83. The minimum atomic E-state index is 0.167. The Kier molecular flexibility index (Phi) is 7.62. The number of allylic oxidation sites excluding steroid dienone is 1. The summed E-state index contributed by atoms with van der Waals surface area (Å²) in [5, 5.41) is 8.57. The summed E-state index contributed by atoms with van der Waals surface area (Å²) in [5.74, 6) is 0.845. The number of carbonyl (C=O) groups excluding carboxylic acids is 1. The zero-order valence-corrected chi connectivity index (χ0v) is 7.56. The van der Waals surface area contributed by atoms with Crippen molar-refractivity contribution in [1.29, 1.82) is 0 Å². The molecule has 64 valence electrons. The lowest BCUT2D eigenvalue weighted by molar-refractivity contribution is -0.109. The van der Waals surface area contributed by atoms with Gasteiger partial charge in [0, 0.05) is 19.3 Å². The third-order valence-corrected chi connectivity index (χ3v) is 1.90. The Morgan fingerprint density at radius 1 is 1.45 bits per heavy atom. The molecular weight excluding hydrogens is 160 g/mol. The molecule has 0 bridgehead atoms. The first-order chi connectivity index (χ1) is 5.27. The van der Waals surface area contributed by atoms with E-state index in [4.69, 9.17) is 5.11 Å². The fraction of sp³-hybridized carbons (Fsp3) is 0.625. The van der Waals surface area contributed by atoms with Crippen molar-refractivity contribution in [2.24, 2.45) is 0 Å². The maximum absolute atomic E-state index is 10.4. The molecule has 2 nitrogen and oxygen atoms in total. The second kappa shape index (κ2) is 7.82. The van der Waals surface area contributed by atoms with Crippen molar-refractivity contribution in [3.05, 3.63) is 12.2 Å². The second-order valence-corrected chi connectivity index (χ2v) is 3.38. The summed E-state index contributed by atoms with van der Waals surface area (Å²) in [6, 6.07) is 0. The first-order valence-corrected chi connectivity index (χ1v) is 4.65. The van der Waals surface area contributed by atoms with Crippen LogP contribution in [0.1, 0.15) is 19.8 Å². The second-order valence-electron chi connectivity index (χ2n) is 2.11. The molecule has 3 heteroatoms. The van der Waals surface area contributed by atoms with Crippen molar-refractivity contribution in [2.75, 3.05) is 12.4 Å². The Hall–Kier alpha value is -0.280. The monoisotopic (exact) mass is 174 g/mol. The number of aliphatic hydroxyl groups is 1. The van der Waals surface area contributed by atoms with Gasteiger partial charge in [-0.15, -0.1) is 0 Å². The van der Waals surface area contributed by atoms with Crippen LogP contribution >= 0.6 is 11.8 Å². The molecular formula is C8H14O2S. The Morgan fingerprint density at radius 3 is 2.64 bits per heavy atom. The summed E-state index contributed by atoms with van der Waals surface area (Å²) in [4.78, 5) is 10.4. The van der Waals surface area contributed by atoms with Crippen LogP contribution in [0.15, 0.2) is 12.2 Å². The van der Waals surface area contributed by atoms with Gasteiger partial charge in [0.2, 0.25) is 0 Å². The molecule has 0 rings (SSSR count). The van der Waals surface area contributed by atoms with E-state index in [1.807, 2.05) is 12.2 Å². The average molecular weight is 174 g/mol. The largest absolute Gasteiger partial charge is 0.396 e. The Labute approximate surface area is 71.7 Å². The minimum Gasteiger partial charge on any atom is -0.396 e. The van der Waals surface area contributed by atoms with Gasteiger partial charge in [-0.2, -0.15) is 0 Å². The van der Waals surface area contributed by atoms with Crippen molar-refractivity contribution in [2.45, 2.75) is 19.8 Å². The molecule has 0 aromatic heterocycles. The van der Waals surface area contributed by atoms with Gasteiger partial charge in [0.25, 0.3) is 0 Å². The highest BCUT2D eigenvalue weighted by atomic mass is 32.2. The number of hydrogen-bond donors (Lipinski definition) is 1. The Morgan fingerprint density at radius 2 is 2.09 bits per heavy atom. The zero-order valence-electron chi connectivity index (χ0n) is 6.75. The third-order valence-electron chi connectivity index (χ3n) is 1.05. The van der Waals surface area contributed by atoms with Crippen LogP contribution in [-0.4, -0.2) is 22.6 Å². The van der Waals surface area contributed by atoms with Crippen LogP contribution in [0.2, 0.25) is 0 Å². The van der Waals surface area contributed by atoms with Gasteiger partial charge >= 0.3 is 0 Å². The smallest absolute Gasteiger partial charge is 0.185 e. The van der Waals surface area contributed by atoms with E-state index in [0.29, 0.717) is 6.42 Å². The average Bonchev–Trinajstić information content (AvgIpc) is 1.96. The van der Waals surface area contributed by atoms with E-state index in [1.165, 1.54) is 11.8 Å². The Bertz CT molecular complexity index is 132. The van der Waals surface area contributed by atoms with Gasteiger partial charge in [0.15, 0.2) is 5.12 Å². The predicted octanol–water partition coefficient (Wildman–Crippen LogP) is 1.59. The van der Waals surface area contributed by atoms with E-state index in [1.54, 1.807) is 6.92 Å². The van der Waals surface area contributed by atoms with E-state index in [-0.39, 0.29) is 11.7 Å². The summed E-state index contributed by atoms with van der Waals surface area (Å²) >= 11 is 1.34. The maximum Gasteiger partial charge on any atom is 0.185 e.